The number of benzene rings is 1. The van der Waals surface area contributed by atoms with Crippen LogP contribution in [-0.4, -0.2) is 5.11 Å². The maximum absolute atomic E-state index is 10.1. The fraction of sp³-hybridized carbons (Fsp3) is 0.286. The van der Waals surface area contributed by atoms with Crippen LogP contribution in [0.2, 0.25) is 5.02 Å². The van der Waals surface area contributed by atoms with Crippen LogP contribution in [0.15, 0.2) is 34.9 Å². The topological polar surface area (TPSA) is 33.4 Å². The molecule has 0 radical (unpaired) electrons. The van der Waals surface area contributed by atoms with E-state index >= 15 is 0 Å². The number of furan rings is 1. The third-order valence-corrected chi connectivity index (χ3v) is 3.11. The van der Waals surface area contributed by atoms with Crippen LogP contribution in [0.1, 0.15) is 28.6 Å². The average molecular weight is 251 g/mol. The standard InChI is InChI=1S/C14H15ClO2/c1-9-3-4-11(13(15)5-9)7-14(16)12-6-10(2)17-8-12/h3-6,8,14,16H,7H2,1-2H3. The number of hydrogen-bond donors (Lipinski definition) is 1. The summed E-state index contributed by atoms with van der Waals surface area (Å²) in [5, 5.41) is 10.8. The molecule has 0 aliphatic heterocycles. The summed E-state index contributed by atoms with van der Waals surface area (Å²) >= 11 is 6.13. The van der Waals surface area contributed by atoms with Gasteiger partial charge in [0.25, 0.3) is 0 Å². The van der Waals surface area contributed by atoms with Gasteiger partial charge >= 0.3 is 0 Å². The highest BCUT2D eigenvalue weighted by Crippen LogP contribution is 2.25. The van der Waals surface area contributed by atoms with Gasteiger partial charge in [-0.2, -0.15) is 0 Å². The summed E-state index contributed by atoms with van der Waals surface area (Å²) in [7, 11) is 0. The zero-order valence-corrected chi connectivity index (χ0v) is 10.7. The van der Waals surface area contributed by atoms with Crippen LogP contribution in [0.5, 0.6) is 0 Å². The molecule has 1 N–H and O–H groups in total. The third-order valence-electron chi connectivity index (χ3n) is 2.76. The first kappa shape index (κ1) is 12.2. The first-order valence-corrected chi connectivity index (χ1v) is 5.92. The molecule has 0 aliphatic carbocycles. The van der Waals surface area contributed by atoms with Gasteiger partial charge in [0.15, 0.2) is 0 Å². The van der Waals surface area contributed by atoms with Crippen molar-refractivity contribution in [3.63, 3.8) is 0 Å². The Balaban J connectivity index is 2.15. The Hall–Kier alpha value is -1.25. The van der Waals surface area contributed by atoms with Crippen LogP contribution in [-0.2, 0) is 6.42 Å². The van der Waals surface area contributed by atoms with Crippen molar-refractivity contribution in [2.45, 2.75) is 26.4 Å². The van der Waals surface area contributed by atoms with E-state index in [1.54, 1.807) is 6.26 Å². The van der Waals surface area contributed by atoms with Crippen LogP contribution in [0, 0.1) is 13.8 Å². The van der Waals surface area contributed by atoms with Crippen molar-refractivity contribution < 1.29 is 9.52 Å². The van der Waals surface area contributed by atoms with Gasteiger partial charge in [-0.3, -0.25) is 0 Å². The fourth-order valence-electron chi connectivity index (χ4n) is 1.78. The molecule has 17 heavy (non-hydrogen) atoms. The van der Waals surface area contributed by atoms with E-state index in [0.29, 0.717) is 11.4 Å². The molecule has 0 bridgehead atoms. The lowest BCUT2D eigenvalue weighted by atomic mass is 10.0. The van der Waals surface area contributed by atoms with Gasteiger partial charge in [-0.25, -0.2) is 0 Å². The zero-order valence-electron chi connectivity index (χ0n) is 9.90. The molecule has 0 saturated heterocycles. The van der Waals surface area contributed by atoms with E-state index in [1.807, 2.05) is 38.1 Å². The van der Waals surface area contributed by atoms with Crippen molar-refractivity contribution in [3.8, 4) is 0 Å². The lowest BCUT2D eigenvalue weighted by molar-refractivity contribution is 0.177. The Morgan fingerprint density at radius 1 is 1.29 bits per heavy atom. The van der Waals surface area contributed by atoms with E-state index in [-0.39, 0.29) is 0 Å². The van der Waals surface area contributed by atoms with Gasteiger partial charge in [0.1, 0.15) is 5.76 Å². The second-order valence-corrected chi connectivity index (χ2v) is 4.71. The Morgan fingerprint density at radius 3 is 2.65 bits per heavy atom. The van der Waals surface area contributed by atoms with Crippen molar-refractivity contribution in [1.82, 2.24) is 0 Å². The molecule has 1 aromatic heterocycles. The van der Waals surface area contributed by atoms with Gasteiger partial charge in [0, 0.05) is 17.0 Å². The lowest BCUT2D eigenvalue weighted by Gasteiger charge is -2.10. The van der Waals surface area contributed by atoms with Gasteiger partial charge in [-0.1, -0.05) is 23.7 Å². The molecular formula is C14H15ClO2. The van der Waals surface area contributed by atoms with Crippen LogP contribution in [0.3, 0.4) is 0 Å². The normalized spacial score (nSPS) is 12.7. The minimum absolute atomic E-state index is 0.498. The monoisotopic (exact) mass is 250 g/mol. The summed E-state index contributed by atoms with van der Waals surface area (Å²) in [5.74, 6) is 0.800. The Bertz CT molecular complexity index is 517. The minimum Gasteiger partial charge on any atom is -0.469 e. The molecule has 3 heteroatoms. The van der Waals surface area contributed by atoms with E-state index in [2.05, 4.69) is 0 Å². The molecule has 2 aromatic rings. The number of aryl methyl sites for hydroxylation is 2. The van der Waals surface area contributed by atoms with Crippen molar-refractivity contribution >= 4 is 11.6 Å². The maximum atomic E-state index is 10.1. The molecule has 0 spiro atoms. The van der Waals surface area contributed by atoms with Gasteiger partial charge < -0.3 is 9.52 Å². The molecule has 2 rings (SSSR count). The molecule has 0 fully saturated rings. The van der Waals surface area contributed by atoms with Crippen molar-refractivity contribution in [3.05, 3.63) is 58.0 Å². The van der Waals surface area contributed by atoms with Crippen LogP contribution < -0.4 is 0 Å². The maximum Gasteiger partial charge on any atom is 0.101 e. The molecule has 0 saturated carbocycles. The van der Waals surface area contributed by atoms with Crippen LogP contribution in [0.4, 0.5) is 0 Å². The summed E-state index contributed by atoms with van der Waals surface area (Å²) in [6.45, 7) is 3.85. The largest absolute Gasteiger partial charge is 0.469 e. The van der Waals surface area contributed by atoms with E-state index < -0.39 is 6.10 Å². The van der Waals surface area contributed by atoms with E-state index in [1.165, 1.54) is 0 Å². The molecule has 1 heterocycles. The van der Waals surface area contributed by atoms with Gasteiger partial charge in [-0.05, 0) is 37.1 Å². The molecule has 90 valence electrons. The van der Waals surface area contributed by atoms with E-state index in [9.17, 15) is 5.11 Å². The van der Waals surface area contributed by atoms with Crippen molar-refractivity contribution in [1.29, 1.82) is 0 Å². The number of aliphatic hydroxyl groups excluding tert-OH is 1. The molecule has 2 nitrogen and oxygen atoms in total. The van der Waals surface area contributed by atoms with Crippen LogP contribution in [0.25, 0.3) is 0 Å². The number of halogens is 1. The number of rotatable bonds is 3. The predicted octanol–water partition coefficient (Wildman–Crippen LogP) is 3.83. The summed E-state index contributed by atoms with van der Waals surface area (Å²) in [5.41, 5.74) is 2.86. The smallest absolute Gasteiger partial charge is 0.101 e. The average Bonchev–Trinajstić information content (AvgIpc) is 2.69. The van der Waals surface area contributed by atoms with E-state index in [0.717, 1.165) is 22.5 Å². The molecule has 0 aliphatic rings. The molecule has 1 atom stereocenters. The molecule has 0 amide bonds. The second-order valence-electron chi connectivity index (χ2n) is 4.31. The molecular weight excluding hydrogens is 236 g/mol. The molecule has 1 aromatic carbocycles. The summed E-state index contributed by atoms with van der Waals surface area (Å²) in [6.07, 6.45) is 1.51. The summed E-state index contributed by atoms with van der Waals surface area (Å²) < 4.78 is 5.18. The van der Waals surface area contributed by atoms with Crippen molar-refractivity contribution in [2.24, 2.45) is 0 Å². The zero-order chi connectivity index (χ0) is 12.4. The SMILES string of the molecule is Cc1ccc(CC(O)c2coc(C)c2)c(Cl)c1. The first-order valence-electron chi connectivity index (χ1n) is 5.54. The number of hydrogen-bond acceptors (Lipinski definition) is 2. The van der Waals surface area contributed by atoms with Crippen LogP contribution >= 0.6 is 11.6 Å². The van der Waals surface area contributed by atoms with Gasteiger partial charge in [0.05, 0.1) is 12.4 Å². The predicted molar refractivity (Wildman–Crippen MR) is 68.3 cm³/mol. The minimum atomic E-state index is -0.576. The van der Waals surface area contributed by atoms with Gasteiger partial charge in [0.2, 0.25) is 0 Å². The Morgan fingerprint density at radius 2 is 2.06 bits per heavy atom. The second kappa shape index (κ2) is 4.94. The fourth-order valence-corrected chi connectivity index (χ4v) is 2.09. The highest BCUT2D eigenvalue weighted by Gasteiger charge is 2.12. The quantitative estimate of drug-likeness (QED) is 0.898. The lowest BCUT2D eigenvalue weighted by Crippen LogP contribution is -2.01. The molecule has 1 unspecified atom stereocenters. The third kappa shape index (κ3) is 2.90. The Labute approximate surface area is 106 Å². The first-order chi connectivity index (χ1) is 8.06. The van der Waals surface area contributed by atoms with E-state index in [4.69, 9.17) is 16.0 Å². The summed E-state index contributed by atoms with van der Waals surface area (Å²) in [4.78, 5) is 0. The number of aliphatic hydroxyl groups is 1. The highest BCUT2D eigenvalue weighted by molar-refractivity contribution is 6.31. The van der Waals surface area contributed by atoms with Gasteiger partial charge in [-0.15, -0.1) is 0 Å². The highest BCUT2D eigenvalue weighted by atomic mass is 35.5. The summed E-state index contributed by atoms with van der Waals surface area (Å²) in [6, 6.07) is 7.69. The Kier molecular flexibility index (Phi) is 3.55. The van der Waals surface area contributed by atoms with Crippen molar-refractivity contribution in [2.75, 3.05) is 0 Å².